The molecule has 0 atom stereocenters. The summed E-state index contributed by atoms with van der Waals surface area (Å²) in [7, 11) is 1.63. The molecule has 2 aromatic carbocycles. The number of carboxylic acid groups (broad SMARTS) is 1. The Morgan fingerprint density at radius 1 is 1.07 bits per heavy atom. The fourth-order valence-electron chi connectivity index (χ4n) is 3.04. The van der Waals surface area contributed by atoms with E-state index in [0.717, 1.165) is 28.0 Å². The fourth-order valence-corrected chi connectivity index (χ4v) is 4.07. The first kappa shape index (κ1) is 18.9. The van der Waals surface area contributed by atoms with Gasteiger partial charge in [0.2, 0.25) is 0 Å². The van der Waals surface area contributed by atoms with Gasteiger partial charge in [0.1, 0.15) is 4.88 Å². The van der Waals surface area contributed by atoms with Crippen LogP contribution < -0.4 is 4.90 Å². The van der Waals surface area contributed by atoms with Gasteiger partial charge in [0.05, 0.1) is 5.69 Å². The molecule has 1 aromatic heterocycles. The van der Waals surface area contributed by atoms with Crippen LogP contribution in [0.25, 0.3) is 10.4 Å². The number of hydrogen-bond donors (Lipinski definition) is 1. The molecule has 0 unspecified atom stereocenters. The molecule has 0 aliphatic rings. The second kappa shape index (κ2) is 7.76. The van der Waals surface area contributed by atoms with Crippen LogP contribution in [0.2, 0.25) is 0 Å². The Bertz CT molecular complexity index is 992. The predicted octanol–water partition coefficient (Wildman–Crippen LogP) is 5.26. The van der Waals surface area contributed by atoms with E-state index in [1.165, 1.54) is 16.2 Å². The van der Waals surface area contributed by atoms with Gasteiger partial charge >= 0.3 is 5.97 Å². The lowest BCUT2D eigenvalue weighted by molar-refractivity contribution is 0.0703. The van der Waals surface area contributed by atoms with E-state index in [4.69, 9.17) is 0 Å². The number of aromatic carboxylic acids is 1. The van der Waals surface area contributed by atoms with Crippen molar-refractivity contribution in [1.29, 1.82) is 0 Å². The summed E-state index contributed by atoms with van der Waals surface area (Å²) in [4.78, 5) is 27.3. The van der Waals surface area contributed by atoms with E-state index in [0.29, 0.717) is 11.3 Å². The maximum atomic E-state index is 13.1. The molecule has 0 bridgehead atoms. The number of rotatable bonds is 5. The third-order valence-electron chi connectivity index (χ3n) is 4.50. The van der Waals surface area contributed by atoms with E-state index < -0.39 is 5.97 Å². The van der Waals surface area contributed by atoms with Gasteiger partial charge in [-0.05, 0) is 36.6 Å². The van der Waals surface area contributed by atoms with Crippen LogP contribution in [0.15, 0.2) is 54.6 Å². The number of amides is 1. The first-order valence-electron chi connectivity index (χ1n) is 8.72. The van der Waals surface area contributed by atoms with Crippen molar-refractivity contribution in [2.75, 3.05) is 11.9 Å². The summed E-state index contributed by atoms with van der Waals surface area (Å²) in [6.45, 7) is 4.00. The molecule has 5 heteroatoms. The molecule has 138 valence electrons. The van der Waals surface area contributed by atoms with Crippen LogP contribution in [-0.4, -0.2) is 24.0 Å². The van der Waals surface area contributed by atoms with Gasteiger partial charge < -0.3 is 10.0 Å². The Labute approximate surface area is 162 Å². The largest absolute Gasteiger partial charge is 0.477 e. The number of carboxylic acids is 1. The molecule has 0 aliphatic heterocycles. The van der Waals surface area contributed by atoms with Gasteiger partial charge in [-0.15, -0.1) is 11.3 Å². The molecular weight excluding hydrogens is 358 g/mol. The maximum Gasteiger partial charge on any atom is 0.348 e. The van der Waals surface area contributed by atoms with Gasteiger partial charge in [0.25, 0.3) is 5.91 Å². The maximum absolute atomic E-state index is 13.1. The van der Waals surface area contributed by atoms with Crippen LogP contribution in [0, 0.1) is 6.92 Å². The molecule has 3 aromatic rings. The monoisotopic (exact) mass is 379 g/mol. The van der Waals surface area contributed by atoms with Crippen molar-refractivity contribution < 1.29 is 14.7 Å². The summed E-state index contributed by atoms with van der Waals surface area (Å²) < 4.78 is 0. The number of hydrogen-bond acceptors (Lipinski definition) is 3. The predicted molar refractivity (Wildman–Crippen MR) is 110 cm³/mol. The molecule has 1 N–H and O–H groups in total. The average Bonchev–Trinajstić information content (AvgIpc) is 3.13. The van der Waals surface area contributed by atoms with Gasteiger partial charge in [-0.2, -0.15) is 0 Å². The Balaban J connectivity index is 2.04. The Kier molecular flexibility index (Phi) is 5.42. The minimum atomic E-state index is -1.03. The van der Waals surface area contributed by atoms with Crippen molar-refractivity contribution in [3.8, 4) is 10.4 Å². The number of carbonyl (C=O) groups is 2. The molecule has 4 nitrogen and oxygen atoms in total. The van der Waals surface area contributed by atoms with Crippen LogP contribution in [0.5, 0.6) is 0 Å². The lowest BCUT2D eigenvalue weighted by atomic mass is 10.0. The van der Waals surface area contributed by atoms with Crippen molar-refractivity contribution in [3.05, 3.63) is 76.2 Å². The zero-order chi connectivity index (χ0) is 19.6. The lowest BCUT2D eigenvalue weighted by Gasteiger charge is -2.19. The first-order chi connectivity index (χ1) is 12.9. The summed E-state index contributed by atoms with van der Waals surface area (Å²) in [6.07, 6.45) is 0.737. The molecule has 0 saturated carbocycles. The van der Waals surface area contributed by atoms with E-state index in [1.807, 2.05) is 62.4 Å². The summed E-state index contributed by atoms with van der Waals surface area (Å²) in [5.74, 6) is -1.23. The van der Waals surface area contributed by atoms with E-state index in [1.54, 1.807) is 13.1 Å². The summed E-state index contributed by atoms with van der Waals surface area (Å²) in [5, 5.41) is 9.64. The summed E-state index contributed by atoms with van der Waals surface area (Å²) in [5.41, 5.74) is 4.01. The Hall–Kier alpha value is -2.92. The quantitative estimate of drug-likeness (QED) is 0.658. The number of nitrogens with zero attached hydrogens (tertiary/aromatic N) is 1. The molecule has 27 heavy (non-hydrogen) atoms. The molecule has 1 amide bonds. The number of aryl methyl sites for hydroxylation is 2. The topological polar surface area (TPSA) is 57.6 Å². The highest BCUT2D eigenvalue weighted by atomic mass is 32.1. The van der Waals surface area contributed by atoms with Crippen molar-refractivity contribution >= 4 is 28.9 Å². The van der Waals surface area contributed by atoms with Crippen LogP contribution in [-0.2, 0) is 6.42 Å². The van der Waals surface area contributed by atoms with Crippen molar-refractivity contribution in [1.82, 2.24) is 0 Å². The van der Waals surface area contributed by atoms with Gasteiger partial charge in [-0.25, -0.2) is 4.79 Å². The van der Waals surface area contributed by atoms with Gasteiger partial charge in [0, 0.05) is 17.5 Å². The third kappa shape index (κ3) is 3.78. The number of anilines is 1. The lowest BCUT2D eigenvalue weighted by Crippen LogP contribution is -2.28. The second-order valence-corrected chi connectivity index (χ2v) is 7.43. The van der Waals surface area contributed by atoms with E-state index >= 15 is 0 Å². The third-order valence-corrected chi connectivity index (χ3v) is 5.66. The molecule has 0 spiro atoms. The molecule has 0 aliphatic carbocycles. The fraction of sp³-hybridized carbons (Fsp3) is 0.182. The zero-order valence-corrected chi connectivity index (χ0v) is 16.3. The number of thiophene rings is 1. The highest BCUT2D eigenvalue weighted by Crippen LogP contribution is 2.37. The van der Waals surface area contributed by atoms with E-state index in [-0.39, 0.29) is 10.8 Å². The molecule has 1 heterocycles. The molecule has 0 saturated heterocycles. The Morgan fingerprint density at radius 2 is 1.78 bits per heavy atom. The van der Waals surface area contributed by atoms with E-state index in [9.17, 15) is 14.7 Å². The van der Waals surface area contributed by atoms with Gasteiger partial charge in [-0.1, -0.05) is 55.0 Å². The van der Waals surface area contributed by atoms with E-state index in [2.05, 4.69) is 0 Å². The van der Waals surface area contributed by atoms with Gasteiger partial charge in [-0.3, -0.25) is 4.79 Å². The minimum absolute atomic E-state index is 0.162. The summed E-state index contributed by atoms with van der Waals surface area (Å²) in [6, 6.07) is 17.1. The normalized spacial score (nSPS) is 10.6. The number of carbonyl (C=O) groups excluding carboxylic acids is 1. The smallest absolute Gasteiger partial charge is 0.348 e. The van der Waals surface area contributed by atoms with Crippen LogP contribution in [0.3, 0.4) is 0 Å². The summed E-state index contributed by atoms with van der Waals surface area (Å²) >= 11 is 1.18. The van der Waals surface area contributed by atoms with Crippen LogP contribution in [0.4, 0.5) is 5.69 Å². The van der Waals surface area contributed by atoms with Crippen molar-refractivity contribution in [3.63, 3.8) is 0 Å². The van der Waals surface area contributed by atoms with Crippen LogP contribution >= 0.6 is 11.3 Å². The average molecular weight is 379 g/mol. The minimum Gasteiger partial charge on any atom is -0.477 e. The van der Waals surface area contributed by atoms with Crippen LogP contribution in [0.1, 0.15) is 38.1 Å². The SMILES string of the molecule is CCc1cc(C)ccc1C(=O)N(C)c1cc(-c2ccccc2)sc1C(=O)O. The highest BCUT2D eigenvalue weighted by molar-refractivity contribution is 7.18. The molecule has 0 fully saturated rings. The molecular formula is C22H21NO3S. The number of benzene rings is 2. The Morgan fingerprint density at radius 3 is 2.41 bits per heavy atom. The van der Waals surface area contributed by atoms with Crippen molar-refractivity contribution in [2.24, 2.45) is 0 Å². The van der Waals surface area contributed by atoms with Gasteiger partial charge in [0.15, 0.2) is 0 Å². The molecule has 0 radical (unpaired) electrons. The second-order valence-electron chi connectivity index (χ2n) is 6.37. The highest BCUT2D eigenvalue weighted by Gasteiger charge is 2.24. The first-order valence-corrected chi connectivity index (χ1v) is 9.54. The standard InChI is InChI=1S/C22H21NO3S/c1-4-15-12-14(2)10-11-17(15)21(24)23(3)18-13-19(27-20(18)22(25)26)16-8-6-5-7-9-16/h5-13H,4H2,1-3H3,(H,25,26). The molecule has 3 rings (SSSR count). The zero-order valence-electron chi connectivity index (χ0n) is 15.5. The van der Waals surface area contributed by atoms with Crippen molar-refractivity contribution in [2.45, 2.75) is 20.3 Å².